The Kier molecular flexibility index (Phi) is 4.84. The van der Waals surface area contributed by atoms with Crippen LogP contribution in [0.25, 0.3) is 11.5 Å². The Labute approximate surface area is 141 Å². The van der Waals surface area contributed by atoms with Crippen molar-refractivity contribution in [2.75, 3.05) is 0 Å². The smallest absolute Gasteiger partial charge is 0.158 e. The molecule has 3 aromatic rings. The summed E-state index contributed by atoms with van der Waals surface area (Å²) in [5, 5.41) is 0. The monoisotopic (exact) mass is 323 g/mol. The topological polar surface area (TPSA) is 65.7 Å². The van der Waals surface area contributed by atoms with Gasteiger partial charge in [0.1, 0.15) is 23.4 Å². The Bertz CT molecular complexity index is 785. The minimum Gasteiger partial charge on any atom is -0.487 e. The predicted octanol–water partition coefficient (Wildman–Crippen LogP) is 3.33. The normalized spacial score (nSPS) is 12.3. The molecule has 0 N–H and O–H groups in total. The van der Waals surface area contributed by atoms with E-state index in [0.29, 0.717) is 6.54 Å². The maximum atomic E-state index is 5.90. The van der Waals surface area contributed by atoms with Crippen molar-refractivity contribution < 1.29 is 4.74 Å². The molecule has 0 unspecified atom stereocenters. The van der Waals surface area contributed by atoms with Gasteiger partial charge >= 0.3 is 0 Å². The summed E-state index contributed by atoms with van der Waals surface area (Å²) in [5.74, 6) is 2.68. The molecule has 0 bridgehead atoms. The van der Waals surface area contributed by atoms with E-state index >= 15 is 0 Å². The molecule has 3 aromatic heterocycles. The third-order valence-electron chi connectivity index (χ3n) is 3.56. The van der Waals surface area contributed by atoms with Crippen molar-refractivity contribution in [1.29, 1.82) is 0 Å². The van der Waals surface area contributed by atoms with Gasteiger partial charge < -0.3 is 9.30 Å². The average Bonchev–Trinajstić information content (AvgIpc) is 3.03. The number of hydrogen-bond acceptors (Lipinski definition) is 5. The standard InChI is InChI=1S/C18H21N5O/c1-13(2)17-20-8-6-16(22-17)18-21-9-10-23(18)12-14(3)24-15-5-4-7-19-11-15/h4-11,13-14H,12H2,1-3H3/t14-/m1/s1. The number of hydrogen-bond donors (Lipinski definition) is 0. The molecule has 0 saturated carbocycles. The zero-order valence-electron chi connectivity index (χ0n) is 14.1. The minimum absolute atomic E-state index is 0.0199. The molecule has 0 spiro atoms. The molecule has 24 heavy (non-hydrogen) atoms. The molecule has 0 fully saturated rings. The molecule has 0 aliphatic heterocycles. The molecule has 6 nitrogen and oxygen atoms in total. The SMILES string of the molecule is CC(C)c1nccc(-c2nccn2C[C@@H](C)Oc2cccnc2)n1. The summed E-state index contributed by atoms with van der Waals surface area (Å²) in [6.45, 7) is 6.85. The summed E-state index contributed by atoms with van der Waals surface area (Å²) in [7, 11) is 0. The van der Waals surface area contributed by atoms with Gasteiger partial charge in [-0.2, -0.15) is 0 Å². The molecule has 0 aliphatic carbocycles. The van der Waals surface area contributed by atoms with Crippen molar-refractivity contribution in [3.05, 3.63) is 55.0 Å². The zero-order valence-corrected chi connectivity index (χ0v) is 14.1. The second-order valence-electron chi connectivity index (χ2n) is 5.98. The first-order valence-electron chi connectivity index (χ1n) is 8.04. The molecule has 0 amide bonds. The Hall–Kier alpha value is -2.76. The van der Waals surface area contributed by atoms with Crippen LogP contribution in [0.4, 0.5) is 0 Å². The Balaban J connectivity index is 1.77. The largest absolute Gasteiger partial charge is 0.487 e. The fourth-order valence-electron chi connectivity index (χ4n) is 2.43. The lowest BCUT2D eigenvalue weighted by molar-refractivity contribution is 0.199. The molecule has 0 saturated heterocycles. The van der Waals surface area contributed by atoms with E-state index in [0.717, 1.165) is 23.1 Å². The van der Waals surface area contributed by atoms with Crippen LogP contribution in [0.15, 0.2) is 49.2 Å². The van der Waals surface area contributed by atoms with Crippen LogP contribution in [0.1, 0.15) is 32.5 Å². The van der Waals surface area contributed by atoms with Gasteiger partial charge in [0.2, 0.25) is 0 Å². The van der Waals surface area contributed by atoms with Crippen molar-refractivity contribution in [2.24, 2.45) is 0 Å². The van der Waals surface area contributed by atoms with Crippen molar-refractivity contribution in [1.82, 2.24) is 24.5 Å². The molecule has 6 heteroatoms. The molecule has 0 radical (unpaired) electrons. The van der Waals surface area contributed by atoms with E-state index in [2.05, 4.69) is 33.8 Å². The fourth-order valence-corrected chi connectivity index (χ4v) is 2.43. The van der Waals surface area contributed by atoms with E-state index in [9.17, 15) is 0 Å². The zero-order chi connectivity index (χ0) is 16.9. The van der Waals surface area contributed by atoms with Gasteiger partial charge in [-0.1, -0.05) is 13.8 Å². The van der Waals surface area contributed by atoms with E-state index in [4.69, 9.17) is 4.74 Å². The van der Waals surface area contributed by atoms with Gasteiger partial charge in [0, 0.05) is 30.7 Å². The van der Waals surface area contributed by atoms with E-state index in [1.807, 2.05) is 35.9 Å². The molecular weight excluding hydrogens is 302 g/mol. The molecule has 124 valence electrons. The van der Waals surface area contributed by atoms with Gasteiger partial charge in [0.15, 0.2) is 5.82 Å². The van der Waals surface area contributed by atoms with Crippen LogP contribution in [0.3, 0.4) is 0 Å². The van der Waals surface area contributed by atoms with Crippen LogP contribution >= 0.6 is 0 Å². The van der Waals surface area contributed by atoms with Gasteiger partial charge in [-0.05, 0) is 25.1 Å². The first-order valence-corrected chi connectivity index (χ1v) is 8.04. The lowest BCUT2D eigenvalue weighted by atomic mass is 10.2. The highest BCUT2D eigenvalue weighted by Crippen LogP contribution is 2.18. The first-order chi connectivity index (χ1) is 11.6. The number of aromatic nitrogens is 5. The van der Waals surface area contributed by atoms with Gasteiger partial charge in [-0.15, -0.1) is 0 Å². The number of pyridine rings is 1. The number of rotatable bonds is 6. The third kappa shape index (κ3) is 3.76. The fraction of sp³-hybridized carbons (Fsp3) is 0.333. The van der Waals surface area contributed by atoms with Crippen LogP contribution in [-0.4, -0.2) is 30.6 Å². The maximum Gasteiger partial charge on any atom is 0.158 e. The quantitative estimate of drug-likeness (QED) is 0.696. The molecule has 0 aliphatic rings. The Morgan fingerprint density at radius 3 is 2.71 bits per heavy atom. The van der Waals surface area contributed by atoms with E-state index in [-0.39, 0.29) is 12.0 Å². The minimum atomic E-state index is -0.0199. The maximum absolute atomic E-state index is 5.90. The van der Waals surface area contributed by atoms with Crippen molar-refractivity contribution in [3.63, 3.8) is 0 Å². The van der Waals surface area contributed by atoms with Gasteiger partial charge in [-0.3, -0.25) is 4.98 Å². The highest BCUT2D eigenvalue weighted by atomic mass is 16.5. The summed E-state index contributed by atoms with van der Waals surface area (Å²) in [6.07, 6.45) is 8.93. The van der Waals surface area contributed by atoms with E-state index < -0.39 is 0 Å². The van der Waals surface area contributed by atoms with Crippen LogP contribution in [0.2, 0.25) is 0 Å². The summed E-state index contributed by atoms with van der Waals surface area (Å²) in [5.41, 5.74) is 0.826. The Morgan fingerprint density at radius 2 is 1.96 bits per heavy atom. The second kappa shape index (κ2) is 7.21. The number of nitrogens with zero attached hydrogens (tertiary/aromatic N) is 5. The summed E-state index contributed by atoms with van der Waals surface area (Å²) in [6, 6.07) is 5.65. The van der Waals surface area contributed by atoms with Crippen LogP contribution in [-0.2, 0) is 6.54 Å². The molecular formula is C18H21N5O. The second-order valence-corrected chi connectivity index (χ2v) is 5.98. The molecule has 1 atom stereocenters. The lowest BCUT2D eigenvalue weighted by Crippen LogP contribution is -2.20. The van der Waals surface area contributed by atoms with Gasteiger partial charge in [-0.25, -0.2) is 15.0 Å². The summed E-state index contributed by atoms with van der Waals surface area (Å²) < 4.78 is 7.95. The third-order valence-corrected chi connectivity index (χ3v) is 3.56. The highest BCUT2D eigenvalue weighted by molar-refractivity contribution is 5.49. The van der Waals surface area contributed by atoms with Crippen LogP contribution in [0, 0.1) is 0 Å². The summed E-state index contributed by atoms with van der Waals surface area (Å²) >= 11 is 0. The lowest BCUT2D eigenvalue weighted by Gasteiger charge is -2.16. The van der Waals surface area contributed by atoms with Crippen molar-refractivity contribution in [2.45, 2.75) is 39.3 Å². The van der Waals surface area contributed by atoms with E-state index in [1.54, 1.807) is 24.8 Å². The average molecular weight is 323 g/mol. The van der Waals surface area contributed by atoms with Crippen LogP contribution < -0.4 is 4.74 Å². The van der Waals surface area contributed by atoms with Crippen molar-refractivity contribution >= 4 is 0 Å². The molecule has 0 aromatic carbocycles. The Morgan fingerprint density at radius 1 is 1.08 bits per heavy atom. The predicted molar refractivity (Wildman–Crippen MR) is 91.7 cm³/mol. The van der Waals surface area contributed by atoms with Gasteiger partial charge in [0.25, 0.3) is 0 Å². The van der Waals surface area contributed by atoms with Gasteiger partial charge in [0.05, 0.1) is 12.7 Å². The van der Waals surface area contributed by atoms with Crippen molar-refractivity contribution in [3.8, 4) is 17.3 Å². The summed E-state index contributed by atoms with van der Waals surface area (Å²) in [4.78, 5) is 17.5. The first kappa shape index (κ1) is 16.1. The van der Waals surface area contributed by atoms with Crippen LogP contribution in [0.5, 0.6) is 5.75 Å². The number of ether oxygens (including phenoxy) is 1. The number of imidazole rings is 1. The molecule has 3 heterocycles. The molecule has 3 rings (SSSR count). The highest BCUT2D eigenvalue weighted by Gasteiger charge is 2.13. The van der Waals surface area contributed by atoms with E-state index in [1.165, 1.54) is 0 Å².